The average Bonchev–Trinajstić information content (AvgIpc) is 2.18. The van der Waals surface area contributed by atoms with Gasteiger partial charge in [0.2, 0.25) is 17.1 Å². The highest BCUT2D eigenvalue weighted by Crippen LogP contribution is 2.14. The van der Waals surface area contributed by atoms with Crippen molar-refractivity contribution < 1.29 is 9.13 Å². The molecule has 0 bridgehead atoms. The predicted octanol–water partition coefficient (Wildman–Crippen LogP) is 0.0992. The van der Waals surface area contributed by atoms with E-state index < -0.39 is 11.4 Å². The van der Waals surface area contributed by atoms with Crippen LogP contribution in [0.2, 0.25) is 0 Å². The first-order valence-corrected chi connectivity index (χ1v) is 4.41. The number of methoxy groups -OCH3 is 1. The Kier molecular flexibility index (Phi) is 2.25. The fraction of sp³-hybridized carbons (Fsp3) is 0.444. The van der Waals surface area contributed by atoms with Gasteiger partial charge in [-0.3, -0.25) is 4.79 Å². The molecule has 0 saturated carbocycles. The van der Waals surface area contributed by atoms with E-state index in [1.807, 2.05) is 0 Å². The highest BCUT2D eigenvalue weighted by molar-refractivity contribution is 5.24. The molecule has 0 saturated heterocycles. The molecule has 1 aromatic rings. The van der Waals surface area contributed by atoms with E-state index in [9.17, 15) is 9.18 Å². The number of nitrogens with one attached hydrogen (secondary N) is 1. The van der Waals surface area contributed by atoms with Crippen molar-refractivity contribution in [1.29, 1.82) is 0 Å². The van der Waals surface area contributed by atoms with Crippen LogP contribution >= 0.6 is 0 Å². The number of rotatable bonds is 1. The van der Waals surface area contributed by atoms with Crippen molar-refractivity contribution in [1.82, 2.24) is 9.88 Å². The highest BCUT2D eigenvalue weighted by atomic mass is 19.1. The largest absolute Gasteiger partial charge is 0.489 e. The smallest absolute Gasteiger partial charge is 0.240 e. The first-order valence-electron chi connectivity index (χ1n) is 4.41. The number of halogens is 1. The lowest BCUT2D eigenvalue weighted by Gasteiger charge is -2.21. The zero-order valence-corrected chi connectivity index (χ0v) is 7.84. The molecule has 1 aliphatic rings. The van der Waals surface area contributed by atoms with Crippen LogP contribution in [0.5, 0.6) is 5.75 Å². The molecule has 0 radical (unpaired) electrons. The maximum absolute atomic E-state index is 13.6. The Morgan fingerprint density at radius 2 is 2.43 bits per heavy atom. The first-order chi connectivity index (χ1) is 6.74. The van der Waals surface area contributed by atoms with Crippen LogP contribution < -0.4 is 15.5 Å². The topological polar surface area (TPSA) is 43.3 Å². The van der Waals surface area contributed by atoms with Crippen molar-refractivity contribution in [2.24, 2.45) is 0 Å². The lowest BCUT2D eigenvalue weighted by molar-refractivity contribution is 0.340. The van der Waals surface area contributed by atoms with Gasteiger partial charge in [0.05, 0.1) is 7.11 Å². The zero-order chi connectivity index (χ0) is 10.1. The van der Waals surface area contributed by atoms with Gasteiger partial charge in [0.15, 0.2) is 0 Å². The van der Waals surface area contributed by atoms with Crippen LogP contribution in [0.15, 0.2) is 10.9 Å². The van der Waals surface area contributed by atoms with E-state index in [4.69, 9.17) is 4.74 Å². The fourth-order valence-electron chi connectivity index (χ4n) is 1.63. The summed E-state index contributed by atoms with van der Waals surface area (Å²) in [5, 5.41) is 3.07. The molecule has 4 nitrogen and oxygen atoms in total. The molecule has 1 aliphatic heterocycles. The molecule has 0 aliphatic carbocycles. The van der Waals surface area contributed by atoms with Crippen molar-refractivity contribution in [2.45, 2.75) is 13.1 Å². The van der Waals surface area contributed by atoms with Crippen LogP contribution in [0.1, 0.15) is 5.69 Å². The molecule has 0 spiro atoms. The minimum Gasteiger partial charge on any atom is -0.489 e. The summed E-state index contributed by atoms with van der Waals surface area (Å²) in [6, 6.07) is 1.41. The lowest BCUT2D eigenvalue weighted by atomic mass is 10.2. The number of hydrogen-bond acceptors (Lipinski definition) is 3. The van der Waals surface area contributed by atoms with E-state index in [-0.39, 0.29) is 5.75 Å². The summed E-state index contributed by atoms with van der Waals surface area (Å²) in [6.07, 6.45) is 0. The monoisotopic (exact) mass is 198 g/mol. The maximum Gasteiger partial charge on any atom is 0.240 e. The van der Waals surface area contributed by atoms with Gasteiger partial charge in [-0.05, 0) is 0 Å². The van der Waals surface area contributed by atoms with Gasteiger partial charge >= 0.3 is 0 Å². The Morgan fingerprint density at radius 1 is 1.64 bits per heavy atom. The SMILES string of the molecule is COc1c(F)n2c(cc1=O)CNCC2. The molecule has 0 unspecified atom stereocenters. The summed E-state index contributed by atoms with van der Waals surface area (Å²) in [4.78, 5) is 11.3. The highest BCUT2D eigenvalue weighted by Gasteiger charge is 2.17. The van der Waals surface area contributed by atoms with Crippen LogP contribution in [0.25, 0.3) is 0 Å². The van der Waals surface area contributed by atoms with Crippen LogP contribution in [0.4, 0.5) is 4.39 Å². The van der Waals surface area contributed by atoms with E-state index in [0.717, 1.165) is 0 Å². The predicted molar refractivity (Wildman–Crippen MR) is 48.9 cm³/mol. The van der Waals surface area contributed by atoms with Crippen molar-refractivity contribution >= 4 is 0 Å². The molecule has 1 aromatic heterocycles. The van der Waals surface area contributed by atoms with Crippen molar-refractivity contribution in [3.8, 4) is 5.75 Å². The van der Waals surface area contributed by atoms with Gasteiger partial charge in [0, 0.05) is 31.4 Å². The quantitative estimate of drug-likeness (QED) is 0.651. The molecule has 0 atom stereocenters. The summed E-state index contributed by atoms with van der Waals surface area (Å²) in [6.45, 7) is 1.75. The van der Waals surface area contributed by atoms with Gasteiger partial charge in [0.1, 0.15) is 0 Å². The third-order valence-electron chi connectivity index (χ3n) is 2.31. The van der Waals surface area contributed by atoms with Gasteiger partial charge in [-0.15, -0.1) is 0 Å². The zero-order valence-electron chi connectivity index (χ0n) is 7.84. The molecule has 0 fully saturated rings. The summed E-state index contributed by atoms with van der Waals surface area (Å²) >= 11 is 0. The molecule has 5 heteroatoms. The number of aromatic nitrogens is 1. The summed E-state index contributed by atoms with van der Waals surface area (Å²) in [5.41, 5.74) is 0.263. The summed E-state index contributed by atoms with van der Waals surface area (Å²) in [7, 11) is 1.30. The summed E-state index contributed by atoms with van der Waals surface area (Å²) in [5.74, 6) is -0.771. The Morgan fingerprint density at radius 3 is 3.14 bits per heavy atom. The second kappa shape index (κ2) is 3.42. The van der Waals surface area contributed by atoms with Crippen LogP contribution in [0, 0.1) is 5.95 Å². The third kappa shape index (κ3) is 1.29. The van der Waals surface area contributed by atoms with E-state index in [1.165, 1.54) is 17.7 Å². The minimum atomic E-state index is -0.573. The Hall–Kier alpha value is -1.36. The van der Waals surface area contributed by atoms with Gasteiger partial charge in [-0.2, -0.15) is 4.39 Å². The van der Waals surface area contributed by atoms with Gasteiger partial charge in [0.25, 0.3) is 0 Å². The lowest BCUT2D eigenvalue weighted by Crippen LogP contribution is -2.32. The first kappa shape index (κ1) is 9.21. The Bertz CT molecular complexity index is 414. The van der Waals surface area contributed by atoms with Crippen molar-refractivity contribution in [2.75, 3.05) is 13.7 Å². The van der Waals surface area contributed by atoms with Crippen molar-refractivity contribution in [3.63, 3.8) is 0 Å². The molecule has 0 amide bonds. The standard InChI is InChI=1S/C9H11FN2O2/c1-14-8-7(13)4-6-5-11-2-3-12(6)9(8)10/h4,11H,2-3,5H2,1H3. The van der Waals surface area contributed by atoms with E-state index in [1.54, 1.807) is 0 Å². The van der Waals surface area contributed by atoms with Gasteiger partial charge in [-0.1, -0.05) is 0 Å². The molecule has 76 valence electrons. The summed E-state index contributed by atoms with van der Waals surface area (Å²) < 4.78 is 19.8. The van der Waals surface area contributed by atoms with E-state index >= 15 is 0 Å². The van der Waals surface area contributed by atoms with E-state index in [2.05, 4.69) is 5.32 Å². The molecular weight excluding hydrogens is 187 g/mol. The second-order valence-electron chi connectivity index (χ2n) is 3.15. The average molecular weight is 198 g/mol. The van der Waals surface area contributed by atoms with Crippen LogP contribution in [-0.4, -0.2) is 18.2 Å². The third-order valence-corrected chi connectivity index (χ3v) is 2.31. The van der Waals surface area contributed by atoms with E-state index in [0.29, 0.717) is 25.3 Å². The number of nitrogens with zero attached hydrogens (tertiary/aromatic N) is 1. The number of fused-ring (bicyclic) bond motifs is 1. The van der Waals surface area contributed by atoms with Crippen molar-refractivity contribution in [3.05, 3.63) is 27.9 Å². The number of hydrogen-bond donors (Lipinski definition) is 1. The molecule has 14 heavy (non-hydrogen) atoms. The fourth-order valence-corrected chi connectivity index (χ4v) is 1.63. The number of pyridine rings is 1. The maximum atomic E-state index is 13.6. The van der Waals surface area contributed by atoms with Crippen LogP contribution in [-0.2, 0) is 13.1 Å². The molecule has 2 heterocycles. The van der Waals surface area contributed by atoms with Gasteiger partial charge in [-0.25, -0.2) is 0 Å². The normalized spacial score (nSPS) is 15.0. The molecular formula is C9H11FN2O2. The minimum absolute atomic E-state index is 0.198. The molecule has 2 rings (SSSR count). The molecule has 1 N–H and O–H groups in total. The Labute approximate surface area is 80.3 Å². The Balaban J connectivity index is 2.63. The number of ether oxygens (including phenoxy) is 1. The van der Waals surface area contributed by atoms with Gasteiger partial charge < -0.3 is 14.6 Å². The molecule has 0 aromatic carbocycles. The second-order valence-corrected chi connectivity index (χ2v) is 3.15. The van der Waals surface area contributed by atoms with Crippen LogP contribution in [0.3, 0.4) is 0 Å².